The first-order valence-corrected chi connectivity index (χ1v) is 8.66. The number of hydrogen-bond donors (Lipinski definition) is 0. The molecule has 3 rings (SSSR count). The SMILES string of the molecule is O=C(CCc1ccccc1F)N1CCN(c2ncc(Br)cn2)CC1. The quantitative estimate of drug-likeness (QED) is 0.802. The molecule has 1 fully saturated rings. The van der Waals surface area contributed by atoms with E-state index < -0.39 is 0 Å². The van der Waals surface area contributed by atoms with Crippen LogP contribution in [0.2, 0.25) is 0 Å². The number of carbonyl (C=O) groups excluding carboxylic acids is 1. The van der Waals surface area contributed by atoms with Crippen molar-refractivity contribution >= 4 is 27.8 Å². The van der Waals surface area contributed by atoms with Gasteiger partial charge in [0.1, 0.15) is 5.82 Å². The molecule has 1 aromatic heterocycles. The van der Waals surface area contributed by atoms with E-state index in [1.807, 2.05) is 4.90 Å². The van der Waals surface area contributed by atoms with E-state index in [1.54, 1.807) is 30.6 Å². The fourth-order valence-corrected chi connectivity index (χ4v) is 2.93. The summed E-state index contributed by atoms with van der Waals surface area (Å²) in [7, 11) is 0. The number of nitrogens with zero attached hydrogens (tertiary/aromatic N) is 4. The van der Waals surface area contributed by atoms with Crippen LogP contribution in [0.5, 0.6) is 0 Å². The molecule has 2 aromatic rings. The lowest BCUT2D eigenvalue weighted by atomic mass is 10.1. The maximum Gasteiger partial charge on any atom is 0.225 e. The maximum absolute atomic E-state index is 13.6. The minimum absolute atomic E-state index is 0.0645. The first-order chi connectivity index (χ1) is 11.6. The van der Waals surface area contributed by atoms with Gasteiger partial charge in [-0.05, 0) is 34.0 Å². The second kappa shape index (κ2) is 7.70. The first-order valence-electron chi connectivity index (χ1n) is 7.87. The van der Waals surface area contributed by atoms with Crippen molar-refractivity contribution in [1.29, 1.82) is 0 Å². The van der Waals surface area contributed by atoms with Crippen molar-refractivity contribution in [2.45, 2.75) is 12.8 Å². The summed E-state index contributed by atoms with van der Waals surface area (Å²) in [6, 6.07) is 6.60. The van der Waals surface area contributed by atoms with Gasteiger partial charge in [-0.25, -0.2) is 14.4 Å². The molecule has 0 saturated carbocycles. The van der Waals surface area contributed by atoms with Crippen LogP contribution in [0.3, 0.4) is 0 Å². The zero-order valence-corrected chi connectivity index (χ0v) is 14.7. The molecule has 126 valence electrons. The summed E-state index contributed by atoms with van der Waals surface area (Å²) in [5, 5.41) is 0. The summed E-state index contributed by atoms with van der Waals surface area (Å²) in [6.07, 6.45) is 4.19. The molecule has 1 aliphatic rings. The Morgan fingerprint density at radius 2 is 1.79 bits per heavy atom. The molecule has 0 N–H and O–H groups in total. The van der Waals surface area contributed by atoms with E-state index in [2.05, 4.69) is 30.8 Å². The molecule has 5 nitrogen and oxygen atoms in total. The zero-order valence-electron chi connectivity index (χ0n) is 13.2. The summed E-state index contributed by atoms with van der Waals surface area (Å²) in [6.45, 7) is 2.67. The number of halogens is 2. The van der Waals surface area contributed by atoms with Gasteiger partial charge in [-0.15, -0.1) is 0 Å². The average Bonchev–Trinajstić information content (AvgIpc) is 2.62. The smallest absolute Gasteiger partial charge is 0.225 e. The Hall–Kier alpha value is -2.02. The second-order valence-corrected chi connectivity index (χ2v) is 6.58. The van der Waals surface area contributed by atoms with Crippen LogP contribution in [0.15, 0.2) is 41.1 Å². The maximum atomic E-state index is 13.6. The molecule has 0 atom stereocenters. The van der Waals surface area contributed by atoms with Gasteiger partial charge < -0.3 is 9.80 Å². The third kappa shape index (κ3) is 4.08. The molecule has 7 heteroatoms. The third-order valence-electron chi connectivity index (χ3n) is 4.09. The van der Waals surface area contributed by atoms with Crippen molar-refractivity contribution in [3.05, 3.63) is 52.5 Å². The van der Waals surface area contributed by atoms with Crippen LogP contribution in [0.25, 0.3) is 0 Å². The molecule has 0 aliphatic carbocycles. The van der Waals surface area contributed by atoms with E-state index in [4.69, 9.17) is 0 Å². The Labute approximate surface area is 148 Å². The monoisotopic (exact) mass is 392 g/mol. The van der Waals surface area contributed by atoms with Gasteiger partial charge in [0.15, 0.2) is 0 Å². The zero-order chi connectivity index (χ0) is 16.9. The number of hydrogen-bond acceptors (Lipinski definition) is 4. The Bertz CT molecular complexity index is 702. The van der Waals surface area contributed by atoms with Gasteiger partial charge in [0, 0.05) is 45.0 Å². The lowest BCUT2D eigenvalue weighted by Crippen LogP contribution is -2.49. The third-order valence-corrected chi connectivity index (χ3v) is 4.50. The highest BCUT2D eigenvalue weighted by molar-refractivity contribution is 9.10. The fraction of sp³-hybridized carbons (Fsp3) is 0.353. The number of anilines is 1. The van der Waals surface area contributed by atoms with Crippen molar-refractivity contribution in [3.8, 4) is 0 Å². The Morgan fingerprint density at radius 3 is 2.46 bits per heavy atom. The lowest BCUT2D eigenvalue weighted by molar-refractivity contribution is -0.131. The molecule has 1 aromatic carbocycles. The minimum Gasteiger partial charge on any atom is -0.339 e. The van der Waals surface area contributed by atoms with Crippen molar-refractivity contribution in [1.82, 2.24) is 14.9 Å². The molecule has 2 heterocycles. The predicted molar refractivity (Wildman–Crippen MR) is 93.2 cm³/mol. The molecule has 0 spiro atoms. The topological polar surface area (TPSA) is 49.3 Å². The van der Waals surface area contributed by atoms with Crippen molar-refractivity contribution in [2.75, 3.05) is 31.1 Å². The van der Waals surface area contributed by atoms with Gasteiger partial charge in [-0.3, -0.25) is 4.79 Å². The van der Waals surface area contributed by atoms with Gasteiger partial charge in [-0.1, -0.05) is 18.2 Å². The number of carbonyl (C=O) groups is 1. The molecule has 1 aliphatic heterocycles. The number of piperazine rings is 1. The van der Waals surface area contributed by atoms with Crippen LogP contribution >= 0.6 is 15.9 Å². The summed E-state index contributed by atoms with van der Waals surface area (Å²) in [4.78, 5) is 24.8. The highest BCUT2D eigenvalue weighted by Crippen LogP contribution is 2.15. The summed E-state index contributed by atoms with van der Waals surface area (Å²) in [5.41, 5.74) is 0.591. The Morgan fingerprint density at radius 1 is 1.12 bits per heavy atom. The van der Waals surface area contributed by atoms with Crippen molar-refractivity contribution < 1.29 is 9.18 Å². The van der Waals surface area contributed by atoms with Crippen LogP contribution in [-0.4, -0.2) is 47.0 Å². The summed E-state index contributed by atoms with van der Waals surface area (Å²) >= 11 is 3.32. The molecule has 0 unspecified atom stereocenters. The summed E-state index contributed by atoms with van der Waals surface area (Å²) < 4.78 is 14.4. The predicted octanol–water partition coefficient (Wildman–Crippen LogP) is 2.66. The molecule has 24 heavy (non-hydrogen) atoms. The first kappa shape index (κ1) is 16.8. The number of aromatic nitrogens is 2. The molecule has 1 amide bonds. The van der Waals surface area contributed by atoms with E-state index in [9.17, 15) is 9.18 Å². The average molecular weight is 393 g/mol. The number of aryl methyl sites for hydroxylation is 1. The normalized spacial score (nSPS) is 14.8. The minimum atomic E-state index is -0.248. The highest BCUT2D eigenvalue weighted by Gasteiger charge is 2.22. The molecule has 0 bridgehead atoms. The van der Waals surface area contributed by atoms with Crippen molar-refractivity contribution in [3.63, 3.8) is 0 Å². The van der Waals surface area contributed by atoms with Gasteiger partial charge in [0.05, 0.1) is 4.47 Å². The van der Waals surface area contributed by atoms with Gasteiger partial charge in [-0.2, -0.15) is 0 Å². The van der Waals surface area contributed by atoms with Crippen LogP contribution in [0.1, 0.15) is 12.0 Å². The van der Waals surface area contributed by atoms with E-state index in [-0.39, 0.29) is 11.7 Å². The molecule has 1 saturated heterocycles. The second-order valence-electron chi connectivity index (χ2n) is 5.66. The fourth-order valence-electron chi connectivity index (χ4n) is 2.73. The largest absolute Gasteiger partial charge is 0.339 e. The summed E-state index contributed by atoms with van der Waals surface area (Å²) in [5.74, 6) is 0.494. The van der Waals surface area contributed by atoms with Crippen LogP contribution < -0.4 is 4.90 Å². The highest BCUT2D eigenvalue weighted by atomic mass is 79.9. The van der Waals surface area contributed by atoms with E-state index in [1.165, 1.54) is 6.07 Å². The van der Waals surface area contributed by atoms with Crippen LogP contribution in [0.4, 0.5) is 10.3 Å². The van der Waals surface area contributed by atoms with E-state index in [0.717, 1.165) is 4.47 Å². The van der Waals surface area contributed by atoms with Crippen molar-refractivity contribution in [2.24, 2.45) is 0 Å². The number of amides is 1. The Kier molecular flexibility index (Phi) is 5.40. The number of benzene rings is 1. The van der Waals surface area contributed by atoms with Gasteiger partial charge >= 0.3 is 0 Å². The van der Waals surface area contributed by atoms with E-state index >= 15 is 0 Å². The standard InChI is InChI=1S/C17H18BrFN4O/c18-14-11-20-17(21-12-14)23-9-7-22(8-10-23)16(24)6-5-13-3-1-2-4-15(13)19/h1-4,11-12H,5-10H2. The lowest BCUT2D eigenvalue weighted by Gasteiger charge is -2.34. The van der Waals surface area contributed by atoms with Crippen LogP contribution in [-0.2, 0) is 11.2 Å². The van der Waals surface area contributed by atoms with Gasteiger partial charge in [0.2, 0.25) is 11.9 Å². The number of rotatable bonds is 4. The van der Waals surface area contributed by atoms with Gasteiger partial charge in [0.25, 0.3) is 0 Å². The molecular weight excluding hydrogens is 375 g/mol. The molecular formula is C17H18BrFN4O. The van der Waals surface area contributed by atoms with E-state index in [0.29, 0.717) is 50.5 Å². The van der Waals surface area contributed by atoms with Crippen LogP contribution in [0, 0.1) is 5.82 Å². The Balaban J connectivity index is 1.50. The molecule has 0 radical (unpaired) electrons.